The Morgan fingerprint density at radius 2 is 1.95 bits per heavy atom. The van der Waals surface area contributed by atoms with Gasteiger partial charge in [-0.05, 0) is 39.4 Å². The van der Waals surface area contributed by atoms with Gasteiger partial charge >= 0.3 is 0 Å². The summed E-state index contributed by atoms with van der Waals surface area (Å²) in [5.41, 5.74) is 4.39. The van der Waals surface area contributed by atoms with Crippen molar-refractivity contribution in [2.24, 2.45) is 0 Å². The van der Waals surface area contributed by atoms with Gasteiger partial charge in [0, 0.05) is 43.4 Å². The highest BCUT2D eigenvalue weighted by Gasteiger charge is 2.31. The zero-order valence-electron chi connectivity index (χ0n) is 14.5. The van der Waals surface area contributed by atoms with E-state index in [2.05, 4.69) is 75.0 Å². The molecule has 21 heavy (non-hydrogen) atoms. The van der Waals surface area contributed by atoms with E-state index in [1.165, 1.54) is 16.8 Å². The summed E-state index contributed by atoms with van der Waals surface area (Å²) in [6, 6.07) is 7.38. The molecule has 1 N–H and O–H groups in total. The number of benzene rings is 1. The molecule has 0 amide bonds. The van der Waals surface area contributed by atoms with E-state index in [1.54, 1.807) is 0 Å². The van der Waals surface area contributed by atoms with Gasteiger partial charge in [-0.25, -0.2) is 0 Å². The predicted molar refractivity (Wildman–Crippen MR) is 92.1 cm³/mol. The molecule has 1 aromatic rings. The van der Waals surface area contributed by atoms with Crippen LogP contribution in [0, 0.1) is 6.92 Å². The number of nitrogens with one attached hydrogen (secondary N) is 1. The second-order valence-electron chi connectivity index (χ2n) is 7.32. The van der Waals surface area contributed by atoms with Crippen LogP contribution in [0.3, 0.4) is 0 Å². The Hall–Kier alpha value is -1.06. The van der Waals surface area contributed by atoms with Crippen LogP contribution in [0.5, 0.6) is 0 Å². The molecule has 1 saturated heterocycles. The summed E-state index contributed by atoms with van der Waals surface area (Å²) in [5, 5.41) is 3.56. The molecule has 3 nitrogen and oxygen atoms in total. The molecule has 1 heterocycles. The molecule has 0 spiro atoms. The van der Waals surface area contributed by atoms with E-state index in [9.17, 15) is 0 Å². The number of nitrogens with zero attached hydrogens (tertiary/aromatic N) is 2. The van der Waals surface area contributed by atoms with Crippen molar-refractivity contribution in [3.63, 3.8) is 0 Å². The standard InChI is InChI=1S/C18H31N3/c1-14(2)19-12-16-11-15(3)7-8-17(16)21-10-9-20(6)18(4,5)13-21/h7-8,11,14,19H,9-10,12-13H2,1-6H3. The third-order valence-electron chi connectivity index (χ3n) is 4.59. The van der Waals surface area contributed by atoms with E-state index < -0.39 is 0 Å². The summed E-state index contributed by atoms with van der Waals surface area (Å²) in [7, 11) is 2.23. The minimum atomic E-state index is 0.228. The number of piperazine rings is 1. The van der Waals surface area contributed by atoms with Crippen molar-refractivity contribution in [2.45, 2.75) is 52.7 Å². The molecule has 0 aromatic heterocycles. The van der Waals surface area contributed by atoms with Gasteiger partial charge in [-0.15, -0.1) is 0 Å². The maximum atomic E-state index is 3.56. The highest BCUT2D eigenvalue weighted by atomic mass is 15.3. The van der Waals surface area contributed by atoms with E-state index in [1.807, 2.05) is 0 Å². The lowest BCUT2D eigenvalue weighted by atomic mass is 9.98. The van der Waals surface area contributed by atoms with Gasteiger partial charge in [-0.3, -0.25) is 4.90 Å². The lowest BCUT2D eigenvalue weighted by Crippen LogP contribution is -2.57. The van der Waals surface area contributed by atoms with Gasteiger partial charge < -0.3 is 10.2 Å². The fraction of sp³-hybridized carbons (Fsp3) is 0.667. The molecule has 1 aromatic carbocycles. The average Bonchev–Trinajstić information content (AvgIpc) is 2.39. The molecule has 0 atom stereocenters. The molecule has 1 aliphatic heterocycles. The Kier molecular flexibility index (Phi) is 4.95. The first-order valence-corrected chi connectivity index (χ1v) is 8.09. The SMILES string of the molecule is Cc1ccc(N2CCN(C)C(C)(C)C2)c(CNC(C)C)c1. The Balaban J connectivity index is 2.22. The first-order valence-electron chi connectivity index (χ1n) is 8.09. The maximum absolute atomic E-state index is 3.56. The summed E-state index contributed by atoms with van der Waals surface area (Å²) in [5.74, 6) is 0. The normalized spacial score (nSPS) is 19.3. The Bertz CT molecular complexity index is 479. The van der Waals surface area contributed by atoms with E-state index in [0.717, 1.165) is 26.2 Å². The number of hydrogen-bond donors (Lipinski definition) is 1. The molecular formula is C18H31N3. The van der Waals surface area contributed by atoms with E-state index in [0.29, 0.717) is 6.04 Å². The third-order valence-corrected chi connectivity index (χ3v) is 4.59. The molecule has 0 aliphatic carbocycles. The molecule has 118 valence electrons. The van der Waals surface area contributed by atoms with E-state index in [-0.39, 0.29) is 5.54 Å². The van der Waals surface area contributed by atoms with Crippen LogP contribution in [0.25, 0.3) is 0 Å². The van der Waals surface area contributed by atoms with Gasteiger partial charge in [-0.1, -0.05) is 31.5 Å². The zero-order valence-corrected chi connectivity index (χ0v) is 14.5. The van der Waals surface area contributed by atoms with Gasteiger partial charge in [0.1, 0.15) is 0 Å². The van der Waals surface area contributed by atoms with Crippen LogP contribution in [0.1, 0.15) is 38.8 Å². The van der Waals surface area contributed by atoms with Crippen LogP contribution in [0.15, 0.2) is 18.2 Å². The van der Waals surface area contributed by atoms with Crippen LogP contribution in [0.4, 0.5) is 5.69 Å². The monoisotopic (exact) mass is 289 g/mol. The van der Waals surface area contributed by atoms with Crippen molar-refractivity contribution < 1.29 is 0 Å². The largest absolute Gasteiger partial charge is 0.368 e. The molecule has 0 bridgehead atoms. The quantitative estimate of drug-likeness (QED) is 0.919. The molecule has 3 heteroatoms. The predicted octanol–water partition coefficient (Wildman–Crippen LogP) is 3.02. The maximum Gasteiger partial charge on any atom is 0.0413 e. The number of rotatable bonds is 4. The minimum absolute atomic E-state index is 0.228. The fourth-order valence-corrected chi connectivity index (χ4v) is 2.92. The molecule has 2 rings (SSSR count). The van der Waals surface area contributed by atoms with Gasteiger partial charge in [0.25, 0.3) is 0 Å². The average molecular weight is 289 g/mol. The van der Waals surface area contributed by atoms with Crippen molar-refractivity contribution in [2.75, 3.05) is 31.6 Å². The van der Waals surface area contributed by atoms with Gasteiger partial charge in [0.05, 0.1) is 0 Å². The van der Waals surface area contributed by atoms with Gasteiger partial charge in [0.2, 0.25) is 0 Å². The number of likely N-dealkylation sites (N-methyl/N-ethyl adjacent to an activating group) is 1. The minimum Gasteiger partial charge on any atom is -0.368 e. The molecule has 0 saturated carbocycles. The fourth-order valence-electron chi connectivity index (χ4n) is 2.92. The van der Waals surface area contributed by atoms with Crippen molar-refractivity contribution >= 4 is 5.69 Å². The Morgan fingerprint density at radius 3 is 2.57 bits per heavy atom. The molecule has 1 aliphatic rings. The van der Waals surface area contributed by atoms with Crippen LogP contribution >= 0.6 is 0 Å². The van der Waals surface area contributed by atoms with Crippen molar-refractivity contribution in [1.82, 2.24) is 10.2 Å². The molecule has 0 unspecified atom stereocenters. The van der Waals surface area contributed by atoms with Crippen molar-refractivity contribution in [1.29, 1.82) is 0 Å². The molecular weight excluding hydrogens is 258 g/mol. The number of aryl methyl sites for hydroxylation is 1. The number of hydrogen-bond acceptors (Lipinski definition) is 3. The lowest BCUT2D eigenvalue weighted by molar-refractivity contribution is 0.139. The summed E-state index contributed by atoms with van der Waals surface area (Å²) < 4.78 is 0. The van der Waals surface area contributed by atoms with Crippen molar-refractivity contribution in [3.8, 4) is 0 Å². The lowest BCUT2D eigenvalue weighted by Gasteiger charge is -2.46. The van der Waals surface area contributed by atoms with Crippen molar-refractivity contribution in [3.05, 3.63) is 29.3 Å². The molecule has 0 radical (unpaired) electrons. The molecule has 1 fully saturated rings. The smallest absolute Gasteiger partial charge is 0.0413 e. The first kappa shape index (κ1) is 16.3. The van der Waals surface area contributed by atoms with Gasteiger partial charge in [0.15, 0.2) is 0 Å². The summed E-state index contributed by atoms with van der Waals surface area (Å²) in [6.45, 7) is 15.5. The highest BCUT2D eigenvalue weighted by molar-refractivity contribution is 5.56. The first-order chi connectivity index (χ1) is 9.79. The van der Waals surface area contributed by atoms with Crippen LogP contribution in [-0.4, -0.2) is 43.2 Å². The second-order valence-corrected chi connectivity index (χ2v) is 7.32. The summed E-state index contributed by atoms with van der Waals surface area (Å²) in [4.78, 5) is 5.01. The van der Waals surface area contributed by atoms with Gasteiger partial charge in [-0.2, -0.15) is 0 Å². The zero-order chi connectivity index (χ0) is 15.6. The topological polar surface area (TPSA) is 18.5 Å². The van der Waals surface area contributed by atoms with E-state index in [4.69, 9.17) is 0 Å². The summed E-state index contributed by atoms with van der Waals surface area (Å²) in [6.07, 6.45) is 0. The van der Waals surface area contributed by atoms with E-state index >= 15 is 0 Å². The Morgan fingerprint density at radius 1 is 1.24 bits per heavy atom. The van der Waals surface area contributed by atoms with Crippen LogP contribution in [0.2, 0.25) is 0 Å². The third kappa shape index (κ3) is 3.98. The van der Waals surface area contributed by atoms with Crippen LogP contribution in [-0.2, 0) is 6.54 Å². The summed E-state index contributed by atoms with van der Waals surface area (Å²) >= 11 is 0. The Labute approximate surface area is 130 Å². The second kappa shape index (κ2) is 6.37. The highest BCUT2D eigenvalue weighted by Crippen LogP contribution is 2.28. The number of anilines is 1. The van der Waals surface area contributed by atoms with Crippen LogP contribution < -0.4 is 10.2 Å².